The summed E-state index contributed by atoms with van der Waals surface area (Å²) in [7, 11) is 3.30. The van der Waals surface area contributed by atoms with Gasteiger partial charge in [0.1, 0.15) is 11.5 Å². The molecule has 4 heteroatoms. The lowest BCUT2D eigenvalue weighted by atomic mass is 10.1. The lowest BCUT2D eigenvalue weighted by molar-refractivity contribution is 0.317. The normalized spacial score (nSPS) is 11.0. The minimum absolute atomic E-state index is 0.560. The molecule has 0 spiro atoms. The molecular weight excluding hydrogens is 314 g/mol. The quantitative estimate of drug-likeness (QED) is 0.417. The second-order valence-corrected chi connectivity index (χ2v) is 5.36. The van der Waals surface area contributed by atoms with Crippen LogP contribution in [0.4, 0.5) is 0 Å². The third-order valence-corrected chi connectivity index (χ3v) is 3.72. The van der Waals surface area contributed by atoms with Gasteiger partial charge in [0.25, 0.3) is 0 Å². The fourth-order valence-electron chi connectivity index (χ4n) is 2.42. The molecule has 1 N–H and O–H groups in total. The maximum atomic E-state index is 9.19. The Hall–Kier alpha value is -3.01. The number of rotatable bonds is 8. The molecule has 2 aromatic rings. The van der Waals surface area contributed by atoms with Gasteiger partial charge in [-0.1, -0.05) is 65.9 Å². The van der Waals surface area contributed by atoms with E-state index >= 15 is 0 Å². The lowest BCUT2D eigenvalue weighted by Crippen LogP contribution is -1.94. The van der Waals surface area contributed by atoms with E-state index in [1.165, 1.54) is 0 Å². The Balaban J connectivity index is 1.95. The molecule has 0 saturated heterocycles. The van der Waals surface area contributed by atoms with Gasteiger partial charge in [-0.05, 0) is 12.1 Å². The van der Waals surface area contributed by atoms with Crippen molar-refractivity contribution in [2.24, 2.45) is 5.16 Å². The maximum Gasteiger partial charge on any atom is 0.126 e. The van der Waals surface area contributed by atoms with Crippen molar-refractivity contribution in [1.82, 2.24) is 0 Å². The van der Waals surface area contributed by atoms with E-state index in [1.807, 2.05) is 72.8 Å². The van der Waals surface area contributed by atoms with Crippen molar-refractivity contribution < 1.29 is 14.7 Å². The van der Waals surface area contributed by atoms with Crippen LogP contribution >= 0.6 is 0 Å². The summed E-state index contributed by atoms with van der Waals surface area (Å²) in [5, 5.41) is 12.6. The second kappa shape index (κ2) is 9.98. The molecule has 0 unspecified atom stereocenters. The lowest BCUT2D eigenvalue weighted by Gasteiger charge is -2.04. The second-order valence-electron chi connectivity index (χ2n) is 5.36. The number of nitrogens with zero attached hydrogens (tertiary/aromatic N) is 1. The molecule has 25 heavy (non-hydrogen) atoms. The summed E-state index contributed by atoms with van der Waals surface area (Å²) >= 11 is 0. The molecule has 0 bridgehead atoms. The molecule has 4 nitrogen and oxygen atoms in total. The van der Waals surface area contributed by atoms with Gasteiger partial charge in [0.15, 0.2) is 0 Å². The smallest absolute Gasteiger partial charge is 0.126 e. The van der Waals surface area contributed by atoms with Gasteiger partial charge in [-0.15, -0.1) is 0 Å². The first-order chi connectivity index (χ1) is 12.3. The highest BCUT2D eigenvalue weighted by Crippen LogP contribution is 2.20. The monoisotopic (exact) mass is 337 g/mol. The number of para-hydroxylation sites is 2. The molecule has 0 atom stereocenters. The minimum Gasteiger partial charge on any atom is -0.496 e. The van der Waals surface area contributed by atoms with Crippen LogP contribution < -0.4 is 9.47 Å². The average molecular weight is 337 g/mol. The third-order valence-electron chi connectivity index (χ3n) is 3.72. The predicted molar refractivity (Wildman–Crippen MR) is 103 cm³/mol. The van der Waals surface area contributed by atoms with Crippen LogP contribution in [-0.2, 0) is 0 Å². The van der Waals surface area contributed by atoms with Gasteiger partial charge >= 0.3 is 0 Å². The van der Waals surface area contributed by atoms with Crippen molar-refractivity contribution in [3.05, 3.63) is 71.8 Å². The summed E-state index contributed by atoms with van der Waals surface area (Å²) in [4.78, 5) is 0. The highest BCUT2D eigenvalue weighted by atomic mass is 16.5. The molecule has 0 amide bonds. The Kier molecular flexibility index (Phi) is 7.32. The molecule has 2 aromatic carbocycles. The van der Waals surface area contributed by atoms with Crippen LogP contribution in [0.5, 0.6) is 11.5 Å². The van der Waals surface area contributed by atoms with E-state index < -0.39 is 0 Å². The van der Waals surface area contributed by atoms with Gasteiger partial charge in [-0.25, -0.2) is 0 Å². The summed E-state index contributed by atoms with van der Waals surface area (Å²) in [5.41, 5.74) is 2.66. The molecular formula is C21H23NO3. The van der Waals surface area contributed by atoms with Crippen molar-refractivity contribution in [2.75, 3.05) is 14.2 Å². The van der Waals surface area contributed by atoms with E-state index in [-0.39, 0.29) is 0 Å². The van der Waals surface area contributed by atoms with Crippen LogP contribution in [0.1, 0.15) is 24.0 Å². The SMILES string of the molecule is COc1ccccc1C=CCC(CC=Cc1ccccc1OC)=NO. The fourth-order valence-corrected chi connectivity index (χ4v) is 2.42. The largest absolute Gasteiger partial charge is 0.496 e. The molecule has 0 aliphatic carbocycles. The van der Waals surface area contributed by atoms with Gasteiger partial charge in [0.2, 0.25) is 0 Å². The summed E-state index contributed by atoms with van der Waals surface area (Å²) < 4.78 is 10.6. The van der Waals surface area contributed by atoms with Crippen LogP contribution in [-0.4, -0.2) is 25.1 Å². The molecule has 130 valence electrons. The Morgan fingerprint density at radius 1 is 0.840 bits per heavy atom. The number of hydrogen-bond donors (Lipinski definition) is 1. The van der Waals surface area contributed by atoms with Crippen molar-refractivity contribution in [3.8, 4) is 11.5 Å². The number of hydrogen-bond acceptors (Lipinski definition) is 4. The highest BCUT2D eigenvalue weighted by molar-refractivity contribution is 5.87. The first-order valence-electron chi connectivity index (χ1n) is 8.07. The number of ether oxygens (including phenoxy) is 2. The van der Waals surface area contributed by atoms with Crippen molar-refractivity contribution in [1.29, 1.82) is 0 Å². The fraction of sp³-hybridized carbons (Fsp3) is 0.190. The highest BCUT2D eigenvalue weighted by Gasteiger charge is 2.00. The first-order valence-corrected chi connectivity index (χ1v) is 8.07. The number of benzene rings is 2. The number of methoxy groups -OCH3 is 2. The molecule has 2 rings (SSSR count). The Morgan fingerprint density at radius 2 is 1.28 bits per heavy atom. The molecule has 0 aromatic heterocycles. The summed E-state index contributed by atoms with van der Waals surface area (Å²) in [6.45, 7) is 0. The van der Waals surface area contributed by atoms with E-state index in [0.29, 0.717) is 18.6 Å². The minimum atomic E-state index is 0.560. The molecule has 0 fully saturated rings. The van der Waals surface area contributed by atoms with Crippen LogP contribution in [0.2, 0.25) is 0 Å². The zero-order valence-corrected chi connectivity index (χ0v) is 14.6. The zero-order valence-electron chi connectivity index (χ0n) is 14.6. The topological polar surface area (TPSA) is 51.0 Å². The van der Waals surface area contributed by atoms with E-state index in [0.717, 1.165) is 22.6 Å². The Bertz CT molecular complexity index is 702. The van der Waals surface area contributed by atoms with E-state index in [2.05, 4.69) is 5.16 Å². The van der Waals surface area contributed by atoms with Crippen molar-refractivity contribution in [2.45, 2.75) is 12.8 Å². The van der Waals surface area contributed by atoms with E-state index in [4.69, 9.17) is 9.47 Å². The van der Waals surface area contributed by atoms with Crippen molar-refractivity contribution >= 4 is 17.9 Å². The van der Waals surface area contributed by atoms with Gasteiger partial charge in [-0.2, -0.15) is 0 Å². The molecule has 0 aliphatic rings. The Labute approximate surface area is 148 Å². The summed E-state index contributed by atoms with van der Waals surface area (Å²) in [6, 6.07) is 15.6. The molecule has 0 heterocycles. The van der Waals surface area contributed by atoms with E-state index in [1.54, 1.807) is 14.2 Å². The van der Waals surface area contributed by atoms with Crippen LogP contribution in [0.3, 0.4) is 0 Å². The zero-order chi connectivity index (χ0) is 17.9. The van der Waals surface area contributed by atoms with Gasteiger partial charge in [0.05, 0.1) is 19.9 Å². The molecule has 0 saturated carbocycles. The summed E-state index contributed by atoms with van der Waals surface area (Å²) in [6.07, 6.45) is 8.98. The average Bonchev–Trinajstić information content (AvgIpc) is 2.67. The first kappa shape index (κ1) is 18.3. The number of allylic oxidation sites excluding steroid dienone is 2. The Morgan fingerprint density at radius 3 is 1.68 bits per heavy atom. The van der Waals surface area contributed by atoms with E-state index in [9.17, 15) is 5.21 Å². The predicted octanol–water partition coefficient (Wildman–Crippen LogP) is 5.04. The number of oxime groups is 1. The van der Waals surface area contributed by atoms with Crippen LogP contribution in [0.25, 0.3) is 12.2 Å². The third kappa shape index (κ3) is 5.53. The van der Waals surface area contributed by atoms with Crippen LogP contribution in [0.15, 0.2) is 65.8 Å². The molecule has 0 radical (unpaired) electrons. The van der Waals surface area contributed by atoms with Crippen molar-refractivity contribution in [3.63, 3.8) is 0 Å². The summed E-state index contributed by atoms with van der Waals surface area (Å²) in [5.74, 6) is 1.63. The van der Waals surface area contributed by atoms with Gasteiger partial charge in [0, 0.05) is 24.0 Å². The standard InChI is InChI=1S/C21H23NO3/c1-24-20-15-5-3-9-17(20)11-7-13-19(22-23)14-8-12-18-10-4-6-16-21(18)25-2/h3-12,15-16,23H,13-14H2,1-2H3. The van der Waals surface area contributed by atoms with Crippen LogP contribution in [0, 0.1) is 0 Å². The van der Waals surface area contributed by atoms with Gasteiger partial charge in [-0.3, -0.25) is 0 Å². The molecule has 0 aliphatic heterocycles. The maximum absolute atomic E-state index is 9.19. The van der Waals surface area contributed by atoms with Gasteiger partial charge < -0.3 is 14.7 Å².